The molecule has 3 rings (SSSR count). The Balaban J connectivity index is 2.18. The fourth-order valence-electron chi connectivity index (χ4n) is 3.40. The van der Waals surface area contributed by atoms with E-state index in [1.54, 1.807) is 0 Å². The van der Waals surface area contributed by atoms with E-state index in [0.717, 1.165) is 25.3 Å². The summed E-state index contributed by atoms with van der Waals surface area (Å²) >= 11 is 0. The predicted molar refractivity (Wildman–Crippen MR) is 110 cm³/mol. The van der Waals surface area contributed by atoms with E-state index < -0.39 is 42.5 Å². The number of hydrogen-bond acceptors (Lipinski definition) is 11. The highest BCUT2D eigenvalue weighted by Gasteiger charge is 2.33. The summed E-state index contributed by atoms with van der Waals surface area (Å²) < 4.78 is 52.9. The fraction of sp³-hybridized carbons (Fsp3) is 0.533. The van der Waals surface area contributed by atoms with Crippen LogP contribution in [0.4, 0.5) is 5.69 Å². The van der Waals surface area contributed by atoms with Crippen molar-refractivity contribution in [1.82, 2.24) is 25.3 Å². The maximum absolute atomic E-state index is 12.9. The van der Waals surface area contributed by atoms with Gasteiger partial charge in [0.15, 0.2) is 0 Å². The first kappa shape index (κ1) is 23.5. The molecule has 10 N–H and O–H groups in total. The Morgan fingerprint density at radius 2 is 2.00 bits per heavy atom. The number of tetrazole rings is 1. The van der Waals surface area contributed by atoms with Crippen molar-refractivity contribution in [2.24, 2.45) is 16.6 Å². The highest BCUT2D eigenvalue weighted by Crippen LogP contribution is 2.37. The zero-order valence-corrected chi connectivity index (χ0v) is 18.0. The monoisotopic (exact) mass is 475 g/mol. The van der Waals surface area contributed by atoms with E-state index in [1.165, 1.54) is 6.07 Å². The number of hydrogen-bond donors (Lipinski definition) is 7. The molecule has 1 aromatic heterocycles. The van der Waals surface area contributed by atoms with Crippen LogP contribution in [0.15, 0.2) is 21.9 Å². The number of benzene rings is 1. The molecule has 3 atom stereocenters. The molecule has 1 heterocycles. The van der Waals surface area contributed by atoms with E-state index in [9.17, 15) is 21.9 Å². The van der Waals surface area contributed by atoms with Gasteiger partial charge in [-0.15, -0.1) is 10.2 Å². The molecule has 1 fully saturated rings. The smallest absolute Gasteiger partial charge is 0.242 e. The van der Waals surface area contributed by atoms with E-state index in [2.05, 4.69) is 30.7 Å². The zero-order valence-electron chi connectivity index (χ0n) is 16.4. The van der Waals surface area contributed by atoms with Gasteiger partial charge in [0.1, 0.15) is 9.79 Å². The number of nitrogens with zero attached hydrogens (tertiary/aromatic N) is 3. The van der Waals surface area contributed by atoms with Crippen LogP contribution in [0.5, 0.6) is 0 Å². The van der Waals surface area contributed by atoms with Crippen LogP contribution in [0.3, 0.4) is 0 Å². The van der Waals surface area contributed by atoms with Crippen LogP contribution in [0.1, 0.15) is 19.3 Å². The lowest BCUT2D eigenvalue weighted by molar-refractivity contribution is 0.186. The summed E-state index contributed by atoms with van der Waals surface area (Å²) in [5.74, 6) is -0.169. The number of nitrogens with two attached hydrogens (primary N) is 3. The molecule has 0 aliphatic heterocycles. The zero-order chi connectivity index (χ0) is 22.8. The second kappa shape index (κ2) is 9.11. The standard InChI is InChI=1S/C15H25N9O5S2/c16-6-8(25)7-19-31(28,29)12-5-4-11(20-10-3-1-2-9(10)17)13(14(12)30(18,26)27)15-21-23-24-22-15/h4-5,8-10,19-20,25H,1-3,6-7,16-17H2,(H2,18,26,27)(H,21,22,23,24)/t8?,9-,10+/m1/s1. The van der Waals surface area contributed by atoms with Gasteiger partial charge in [0.25, 0.3) is 0 Å². The fourth-order valence-corrected chi connectivity index (χ4v) is 6.07. The summed E-state index contributed by atoms with van der Waals surface area (Å²) in [6, 6.07) is 2.15. The SMILES string of the molecule is NCC(O)CNS(=O)(=O)c1ccc(N[C@H]2CCC[C@H]2N)c(-c2nn[nH]n2)c1S(N)(=O)=O. The van der Waals surface area contributed by atoms with Crippen molar-refractivity contribution in [3.8, 4) is 11.4 Å². The van der Waals surface area contributed by atoms with Gasteiger partial charge in [0.2, 0.25) is 25.9 Å². The lowest BCUT2D eigenvalue weighted by atomic mass is 10.1. The van der Waals surface area contributed by atoms with Gasteiger partial charge >= 0.3 is 0 Å². The molecule has 14 nitrogen and oxygen atoms in total. The predicted octanol–water partition coefficient (Wildman–Crippen LogP) is -2.60. The molecule has 1 saturated carbocycles. The molecule has 0 radical (unpaired) electrons. The minimum atomic E-state index is -4.59. The van der Waals surface area contributed by atoms with E-state index in [0.29, 0.717) is 0 Å². The second-order valence-corrected chi connectivity index (χ2v) is 10.4. The number of sulfonamides is 2. The van der Waals surface area contributed by atoms with E-state index in [-0.39, 0.29) is 35.7 Å². The summed E-state index contributed by atoms with van der Waals surface area (Å²) in [6.45, 7) is -0.611. The summed E-state index contributed by atoms with van der Waals surface area (Å²) in [6.07, 6.45) is 1.26. The van der Waals surface area contributed by atoms with Gasteiger partial charge in [-0.25, -0.2) is 26.7 Å². The minimum absolute atomic E-state index is 0.155. The molecule has 0 spiro atoms. The van der Waals surface area contributed by atoms with Crippen molar-refractivity contribution in [2.45, 2.75) is 47.2 Å². The van der Waals surface area contributed by atoms with Gasteiger partial charge in [-0.1, -0.05) is 0 Å². The van der Waals surface area contributed by atoms with E-state index in [4.69, 9.17) is 16.6 Å². The third kappa shape index (κ3) is 5.17. The van der Waals surface area contributed by atoms with Gasteiger partial charge in [-0.2, -0.15) is 5.21 Å². The van der Waals surface area contributed by atoms with Crippen LogP contribution in [0.2, 0.25) is 0 Å². The summed E-state index contributed by atoms with van der Waals surface area (Å²) in [5, 5.41) is 31.4. The molecule has 1 aliphatic rings. The van der Waals surface area contributed by atoms with Crippen molar-refractivity contribution < 1.29 is 21.9 Å². The third-order valence-corrected chi connectivity index (χ3v) is 7.54. The van der Waals surface area contributed by atoms with Gasteiger partial charge in [0, 0.05) is 30.9 Å². The number of aliphatic hydroxyl groups is 1. The van der Waals surface area contributed by atoms with Crippen LogP contribution in [-0.2, 0) is 20.0 Å². The molecular weight excluding hydrogens is 450 g/mol. The minimum Gasteiger partial charge on any atom is -0.390 e. The third-order valence-electron chi connectivity index (χ3n) is 4.96. The average Bonchev–Trinajstić information content (AvgIpc) is 3.37. The second-order valence-electron chi connectivity index (χ2n) is 7.18. The topological polar surface area (TPSA) is 245 Å². The Hall–Kier alpha value is -2.21. The first-order chi connectivity index (χ1) is 14.5. The highest BCUT2D eigenvalue weighted by molar-refractivity contribution is 7.92. The normalized spacial score (nSPS) is 20.6. The van der Waals surface area contributed by atoms with Crippen molar-refractivity contribution in [2.75, 3.05) is 18.4 Å². The molecule has 0 bridgehead atoms. The number of aliphatic hydroxyl groups excluding tert-OH is 1. The first-order valence-corrected chi connectivity index (χ1v) is 12.4. The molecule has 16 heteroatoms. The summed E-state index contributed by atoms with van der Waals surface area (Å²) in [7, 11) is -9.00. The number of aromatic nitrogens is 4. The van der Waals surface area contributed by atoms with Gasteiger partial charge in [0.05, 0.1) is 11.7 Å². The quantitative estimate of drug-likeness (QED) is 0.198. The molecule has 172 valence electrons. The molecule has 0 amide bonds. The Morgan fingerprint density at radius 3 is 2.55 bits per heavy atom. The number of anilines is 1. The molecular formula is C15H25N9O5S2. The Morgan fingerprint density at radius 1 is 1.26 bits per heavy atom. The maximum Gasteiger partial charge on any atom is 0.242 e. The number of nitrogens with one attached hydrogen (secondary N) is 3. The molecule has 31 heavy (non-hydrogen) atoms. The molecule has 1 aliphatic carbocycles. The number of primary sulfonamides is 1. The van der Waals surface area contributed by atoms with Crippen LogP contribution < -0.4 is 26.6 Å². The number of H-pyrrole nitrogens is 1. The number of aromatic amines is 1. The molecule has 0 saturated heterocycles. The van der Waals surface area contributed by atoms with Gasteiger partial charge < -0.3 is 21.9 Å². The van der Waals surface area contributed by atoms with Gasteiger partial charge in [-0.3, -0.25) is 0 Å². The Kier molecular flexibility index (Phi) is 6.89. The van der Waals surface area contributed by atoms with Gasteiger partial charge in [-0.05, 0) is 36.6 Å². The Bertz CT molecular complexity index is 1120. The van der Waals surface area contributed by atoms with Crippen LogP contribution >= 0.6 is 0 Å². The van der Waals surface area contributed by atoms with Crippen molar-refractivity contribution in [3.05, 3.63) is 12.1 Å². The average molecular weight is 476 g/mol. The lowest BCUT2D eigenvalue weighted by Gasteiger charge is -2.22. The first-order valence-electron chi connectivity index (χ1n) is 9.38. The molecule has 1 aromatic carbocycles. The van der Waals surface area contributed by atoms with Crippen LogP contribution in [-0.4, -0.2) is 73.8 Å². The largest absolute Gasteiger partial charge is 0.390 e. The highest BCUT2D eigenvalue weighted by atomic mass is 32.2. The molecule has 2 aromatic rings. The number of rotatable bonds is 9. The Labute approximate surface area is 179 Å². The van der Waals surface area contributed by atoms with Crippen LogP contribution in [0.25, 0.3) is 11.4 Å². The summed E-state index contributed by atoms with van der Waals surface area (Å²) in [4.78, 5) is -1.33. The molecule has 1 unspecified atom stereocenters. The maximum atomic E-state index is 12.9. The summed E-state index contributed by atoms with van der Waals surface area (Å²) in [5.41, 5.74) is 11.5. The van der Waals surface area contributed by atoms with Crippen molar-refractivity contribution >= 4 is 25.7 Å². The van der Waals surface area contributed by atoms with E-state index >= 15 is 0 Å². The van der Waals surface area contributed by atoms with Crippen molar-refractivity contribution in [1.29, 1.82) is 0 Å². The van der Waals surface area contributed by atoms with Crippen LogP contribution in [0, 0.1) is 0 Å². The lowest BCUT2D eigenvalue weighted by Crippen LogP contribution is -2.37. The van der Waals surface area contributed by atoms with E-state index in [1.807, 2.05) is 0 Å². The van der Waals surface area contributed by atoms with Crippen molar-refractivity contribution in [3.63, 3.8) is 0 Å².